The van der Waals surface area contributed by atoms with Crippen LogP contribution in [0.25, 0.3) is 0 Å². The summed E-state index contributed by atoms with van der Waals surface area (Å²) in [7, 11) is 0. The van der Waals surface area contributed by atoms with Gasteiger partial charge in [0.15, 0.2) is 0 Å². The van der Waals surface area contributed by atoms with Crippen LogP contribution < -0.4 is 16.8 Å². The summed E-state index contributed by atoms with van der Waals surface area (Å²) in [5.74, 6) is -0.326. The minimum atomic E-state index is -0.491. The molecule has 5 N–H and O–H groups in total. The lowest BCUT2D eigenvalue weighted by atomic mass is 10.1. The fraction of sp³-hybridized carbons (Fsp3) is 0.267. The zero-order valence-corrected chi connectivity index (χ0v) is 12.2. The van der Waals surface area contributed by atoms with E-state index in [0.717, 1.165) is 29.0 Å². The van der Waals surface area contributed by atoms with Gasteiger partial charge in [-0.25, -0.2) is 4.39 Å². The highest BCUT2D eigenvalue weighted by atomic mass is 32.1. The van der Waals surface area contributed by atoms with Crippen molar-refractivity contribution in [3.8, 4) is 0 Å². The Kier molecular flexibility index (Phi) is 3.55. The van der Waals surface area contributed by atoms with E-state index >= 15 is 0 Å². The molecule has 2 aromatic rings. The number of rotatable bonds is 5. The van der Waals surface area contributed by atoms with Crippen molar-refractivity contribution in [2.75, 3.05) is 11.1 Å². The molecule has 1 aromatic heterocycles. The average molecular weight is 305 g/mol. The summed E-state index contributed by atoms with van der Waals surface area (Å²) in [6.45, 7) is 0.554. The third kappa shape index (κ3) is 2.85. The van der Waals surface area contributed by atoms with Gasteiger partial charge in [0, 0.05) is 12.1 Å². The standard InChI is InChI=1S/C15H16FN3OS/c16-10-5-1-8(2-6-10)7-19-15-11(9-3-4-9)12(17)13(21-15)14(18)20/h1-2,5-6,9,19H,3-4,7,17H2,(H2,18,20). The van der Waals surface area contributed by atoms with Gasteiger partial charge >= 0.3 is 0 Å². The Bertz CT molecular complexity index is 677. The van der Waals surface area contributed by atoms with Gasteiger partial charge in [0.25, 0.3) is 5.91 Å². The summed E-state index contributed by atoms with van der Waals surface area (Å²) in [6, 6.07) is 6.31. The van der Waals surface area contributed by atoms with Crippen molar-refractivity contribution in [1.29, 1.82) is 0 Å². The van der Waals surface area contributed by atoms with Crippen LogP contribution >= 0.6 is 11.3 Å². The lowest BCUT2D eigenvalue weighted by molar-refractivity contribution is 0.100. The first-order chi connectivity index (χ1) is 10.1. The van der Waals surface area contributed by atoms with Crippen molar-refractivity contribution in [2.24, 2.45) is 5.73 Å². The number of thiophene rings is 1. The van der Waals surface area contributed by atoms with Crippen LogP contribution in [0.5, 0.6) is 0 Å². The molecule has 1 aliphatic rings. The number of nitrogens with two attached hydrogens (primary N) is 2. The van der Waals surface area contributed by atoms with Gasteiger partial charge in [0.2, 0.25) is 0 Å². The van der Waals surface area contributed by atoms with Gasteiger partial charge in [0.1, 0.15) is 10.7 Å². The number of carbonyl (C=O) groups excluding carboxylic acids is 1. The molecule has 110 valence electrons. The number of amides is 1. The fourth-order valence-electron chi connectivity index (χ4n) is 2.33. The van der Waals surface area contributed by atoms with Crippen molar-refractivity contribution in [2.45, 2.75) is 25.3 Å². The van der Waals surface area contributed by atoms with Crippen molar-refractivity contribution < 1.29 is 9.18 Å². The van der Waals surface area contributed by atoms with E-state index in [1.54, 1.807) is 12.1 Å². The molecule has 1 aromatic carbocycles. The van der Waals surface area contributed by atoms with Crippen LogP contribution in [0.2, 0.25) is 0 Å². The fourth-order valence-corrected chi connectivity index (χ4v) is 3.39. The predicted octanol–water partition coefficient (Wildman–Crippen LogP) is 3.06. The predicted molar refractivity (Wildman–Crippen MR) is 83.0 cm³/mol. The first kappa shape index (κ1) is 13.9. The normalized spacial score (nSPS) is 14.1. The van der Waals surface area contributed by atoms with Gasteiger partial charge in [-0.1, -0.05) is 12.1 Å². The highest BCUT2D eigenvalue weighted by Gasteiger charge is 2.32. The number of hydrogen-bond acceptors (Lipinski definition) is 4. The Morgan fingerprint density at radius 3 is 2.57 bits per heavy atom. The largest absolute Gasteiger partial charge is 0.397 e. The molecule has 1 amide bonds. The van der Waals surface area contributed by atoms with Crippen LogP contribution in [0, 0.1) is 5.82 Å². The molecule has 0 saturated heterocycles. The monoisotopic (exact) mass is 305 g/mol. The molecule has 1 heterocycles. The SMILES string of the molecule is NC(=O)c1sc(NCc2ccc(F)cc2)c(C2CC2)c1N. The van der Waals surface area contributed by atoms with E-state index in [2.05, 4.69) is 5.32 Å². The first-order valence-corrected chi connectivity index (χ1v) is 7.58. The molecule has 0 unspecified atom stereocenters. The molecule has 0 aliphatic heterocycles. The van der Waals surface area contributed by atoms with Crippen LogP contribution in [0.15, 0.2) is 24.3 Å². The van der Waals surface area contributed by atoms with E-state index in [1.165, 1.54) is 23.5 Å². The highest BCUT2D eigenvalue weighted by Crippen LogP contribution is 2.50. The van der Waals surface area contributed by atoms with E-state index in [9.17, 15) is 9.18 Å². The number of nitrogens with one attached hydrogen (secondary N) is 1. The van der Waals surface area contributed by atoms with Crippen LogP contribution in [0.4, 0.5) is 15.1 Å². The van der Waals surface area contributed by atoms with Crippen molar-refractivity contribution in [3.63, 3.8) is 0 Å². The lowest BCUT2D eigenvalue weighted by Gasteiger charge is -2.07. The molecule has 21 heavy (non-hydrogen) atoms. The molecule has 0 bridgehead atoms. The number of primary amides is 1. The molecule has 3 rings (SSSR count). The van der Waals surface area contributed by atoms with Crippen LogP contribution in [-0.4, -0.2) is 5.91 Å². The number of carbonyl (C=O) groups is 1. The number of anilines is 2. The smallest absolute Gasteiger partial charge is 0.260 e. The Labute approximate surface area is 126 Å². The second kappa shape index (κ2) is 5.37. The highest BCUT2D eigenvalue weighted by molar-refractivity contribution is 7.18. The number of halogens is 1. The number of hydrogen-bond donors (Lipinski definition) is 3. The zero-order valence-electron chi connectivity index (χ0n) is 11.4. The molecule has 1 aliphatic carbocycles. The van der Waals surface area contributed by atoms with Crippen molar-refractivity contribution in [3.05, 3.63) is 46.1 Å². The molecule has 1 saturated carbocycles. The van der Waals surface area contributed by atoms with Gasteiger partial charge in [-0.2, -0.15) is 0 Å². The summed E-state index contributed by atoms with van der Waals surface area (Å²) in [6.07, 6.45) is 2.18. The first-order valence-electron chi connectivity index (χ1n) is 6.76. The minimum Gasteiger partial charge on any atom is -0.397 e. The van der Waals surface area contributed by atoms with Gasteiger partial charge in [-0.3, -0.25) is 4.79 Å². The zero-order chi connectivity index (χ0) is 15.0. The molecular weight excluding hydrogens is 289 g/mol. The molecule has 1 fully saturated rings. The Hall–Kier alpha value is -2.08. The van der Waals surface area contributed by atoms with Gasteiger partial charge in [-0.05, 0) is 36.5 Å². The quantitative estimate of drug-likeness (QED) is 0.794. The molecule has 4 nitrogen and oxygen atoms in total. The lowest BCUT2D eigenvalue weighted by Crippen LogP contribution is -2.11. The van der Waals surface area contributed by atoms with Crippen LogP contribution in [0.1, 0.15) is 39.6 Å². The van der Waals surface area contributed by atoms with Crippen LogP contribution in [-0.2, 0) is 6.54 Å². The van der Waals surface area contributed by atoms with E-state index in [4.69, 9.17) is 11.5 Å². The van der Waals surface area contributed by atoms with E-state index in [0.29, 0.717) is 23.0 Å². The summed E-state index contributed by atoms with van der Waals surface area (Å²) >= 11 is 1.30. The average Bonchev–Trinajstić information content (AvgIpc) is 3.22. The summed E-state index contributed by atoms with van der Waals surface area (Å²) < 4.78 is 12.9. The maximum Gasteiger partial charge on any atom is 0.260 e. The maximum atomic E-state index is 12.9. The third-order valence-corrected chi connectivity index (χ3v) is 4.75. The topological polar surface area (TPSA) is 81.1 Å². The Morgan fingerprint density at radius 1 is 1.33 bits per heavy atom. The summed E-state index contributed by atoms with van der Waals surface area (Å²) in [5.41, 5.74) is 13.9. The second-order valence-corrected chi connectivity index (χ2v) is 6.23. The van der Waals surface area contributed by atoms with E-state index in [-0.39, 0.29) is 5.82 Å². The van der Waals surface area contributed by atoms with Gasteiger partial charge in [-0.15, -0.1) is 11.3 Å². The third-order valence-electron chi connectivity index (χ3n) is 3.56. The molecule has 0 atom stereocenters. The van der Waals surface area contributed by atoms with Crippen molar-refractivity contribution >= 4 is 27.9 Å². The van der Waals surface area contributed by atoms with E-state index < -0.39 is 5.91 Å². The van der Waals surface area contributed by atoms with Crippen LogP contribution in [0.3, 0.4) is 0 Å². The van der Waals surface area contributed by atoms with E-state index in [1.807, 2.05) is 0 Å². The molecule has 0 radical (unpaired) electrons. The Balaban J connectivity index is 1.82. The number of nitrogen functional groups attached to an aromatic ring is 1. The second-order valence-electron chi connectivity index (χ2n) is 5.21. The number of benzene rings is 1. The maximum absolute atomic E-state index is 12.9. The van der Waals surface area contributed by atoms with Crippen molar-refractivity contribution in [1.82, 2.24) is 0 Å². The molecular formula is C15H16FN3OS. The Morgan fingerprint density at radius 2 is 2.00 bits per heavy atom. The molecule has 6 heteroatoms. The molecule has 0 spiro atoms. The summed E-state index contributed by atoms with van der Waals surface area (Å²) in [5, 5.41) is 4.19. The van der Waals surface area contributed by atoms with Gasteiger partial charge in [0.05, 0.1) is 10.7 Å². The summed E-state index contributed by atoms with van der Waals surface area (Å²) in [4.78, 5) is 11.8. The van der Waals surface area contributed by atoms with Gasteiger partial charge < -0.3 is 16.8 Å². The minimum absolute atomic E-state index is 0.256.